The molecule has 0 radical (unpaired) electrons. The van der Waals surface area contributed by atoms with Crippen molar-refractivity contribution in [2.75, 3.05) is 13.2 Å². The Kier molecular flexibility index (Phi) is 7.20. The van der Waals surface area contributed by atoms with Crippen LogP contribution in [0.25, 0.3) is 0 Å². The first-order valence-corrected chi connectivity index (χ1v) is 6.53. The number of nitrogens with one attached hydrogen (secondary N) is 1. The Balaban J connectivity index is 2.44. The van der Waals surface area contributed by atoms with Crippen molar-refractivity contribution in [2.24, 2.45) is 5.84 Å². The summed E-state index contributed by atoms with van der Waals surface area (Å²) >= 11 is 5.64. The van der Waals surface area contributed by atoms with E-state index in [9.17, 15) is 4.39 Å². The highest BCUT2D eigenvalue weighted by molar-refractivity contribution is 6.30. The maximum Gasteiger partial charge on any atom is 0.142 e. The first-order valence-electron chi connectivity index (χ1n) is 6.15. The molecule has 0 fully saturated rings. The van der Waals surface area contributed by atoms with Crippen molar-refractivity contribution in [3.63, 3.8) is 0 Å². The molecule has 3 N–H and O–H groups in total. The van der Waals surface area contributed by atoms with Gasteiger partial charge in [-0.3, -0.25) is 11.3 Å². The maximum absolute atomic E-state index is 13.3. The predicted octanol–water partition coefficient (Wildman–Crippen LogP) is 2.67. The zero-order valence-corrected chi connectivity index (χ0v) is 11.3. The number of rotatable bonds is 8. The van der Waals surface area contributed by atoms with Gasteiger partial charge in [0.25, 0.3) is 0 Å². The van der Waals surface area contributed by atoms with Crippen molar-refractivity contribution < 1.29 is 9.13 Å². The van der Waals surface area contributed by atoms with E-state index in [0.29, 0.717) is 6.42 Å². The van der Waals surface area contributed by atoms with Crippen LogP contribution in [0.4, 0.5) is 4.39 Å². The van der Waals surface area contributed by atoms with E-state index in [1.54, 1.807) is 6.07 Å². The third-order valence-electron chi connectivity index (χ3n) is 2.75. The van der Waals surface area contributed by atoms with Crippen molar-refractivity contribution in [1.82, 2.24) is 5.43 Å². The normalized spacial score (nSPS) is 12.7. The number of ether oxygens (including phenoxy) is 1. The van der Waals surface area contributed by atoms with Gasteiger partial charge in [0.1, 0.15) is 5.82 Å². The molecule has 5 heteroatoms. The topological polar surface area (TPSA) is 47.3 Å². The van der Waals surface area contributed by atoms with Crippen molar-refractivity contribution in [2.45, 2.75) is 32.2 Å². The minimum Gasteiger partial charge on any atom is -0.382 e. The lowest BCUT2D eigenvalue weighted by Crippen LogP contribution is -2.37. The van der Waals surface area contributed by atoms with Gasteiger partial charge in [-0.1, -0.05) is 17.7 Å². The molecule has 0 bridgehead atoms. The molecule has 1 rings (SSSR count). The Bertz CT molecular complexity index is 363. The third kappa shape index (κ3) is 5.31. The van der Waals surface area contributed by atoms with Crippen molar-refractivity contribution in [3.8, 4) is 0 Å². The number of nitrogens with two attached hydrogens (primary N) is 1. The first-order chi connectivity index (χ1) is 8.67. The Hall–Kier alpha value is -0.680. The van der Waals surface area contributed by atoms with Gasteiger partial charge in [-0.25, -0.2) is 4.39 Å². The van der Waals surface area contributed by atoms with Crippen LogP contribution in [0.5, 0.6) is 0 Å². The lowest BCUT2D eigenvalue weighted by atomic mass is 10.0. The maximum atomic E-state index is 13.3. The molecule has 3 nitrogen and oxygen atoms in total. The molecule has 1 atom stereocenters. The monoisotopic (exact) mass is 274 g/mol. The molecule has 0 saturated carbocycles. The smallest absolute Gasteiger partial charge is 0.142 e. The molecule has 0 amide bonds. The highest BCUT2D eigenvalue weighted by atomic mass is 35.5. The number of hydrogen-bond donors (Lipinski definition) is 2. The van der Waals surface area contributed by atoms with Crippen LogP contribution >= 0.6 is 11.6 Å². The third-order valence-corrected chi connectivity index (χ3v) is 3.05. The van der Waals surface area contributed by atoms with E-state index in [2.05, 4.69) is 5.43 Å². The molecule has 1 unspecified atom stereocenters. The zero-order valence-electron chi connectivity index (χ0n) is 10.6. The molecule has 0 heterocycles. The van der Waals surface area contributed by atoms with Crippen molar-refractivity contribution >= 4 is 11.6 Å². The predicted molar refractivity (Wildman–Crippen MR) is 72.0 cm³/mol. The van der Waals surface area contributed by atoms with E-state index in [4.69, 9.17) is 22.2 Å². The van der Waals surface area contributed by atoms with Gasteiger partial charge in [0.05, 0.1) is 5.02 Å². The number of hydrogen-bond acceptors (Lipinski definition) is 3. The second-order valence-electron chi connectivity index (χ2n) is 4.16. The van der Waals surface area contributed by atoms with Gasteiger partial charge in [-0.2, -0.15) is 0 Å². The van der Waals surface area contributed by atoms with Crippen LogP contribution < -0.4 is 11.3 Å². The van der Waals surface area contributed by atoms with Crippen molar-refractivity contribution in [1.29, 1.82) is 0 Å². The van der Waals surface area contributed by atoms with Gasteiger partial charge in [-0.05, 0) is 43.9 Å². The first kappa shape index (κ1) is 15.4. The molecule has 0 aliphatic rings. The zero-order chi connectivity index (χ0) is 13.4. The second kappa shape index (κ2) is 8.43. The summed E-state index contributed by atoms with van der Waals surface area (Å²) in [7, 11) is 0. The molecular formula is C13H20ClFN2O. The molecule has 0 aliphatic carbocycles. The van der Waals surface area contributed by atoms with Gasteiger partial charge in [0.15, 0.2) is 0 Å². The van der Waals surface area contributed by atoms with Crippen LogP contribution in [0.15, 0.2) is 18.2 Å². The highest BCUT2D eigenvalue weighted by Gasteiger charge is 2.09. The molecule has 1 aromatic rings. The minimum absolute atomic E-state index is 0.117. The summed E-state index contributed by atoms with van der Waals surface area (Å²) in [6.45, 7) is 3.42. The summed E-state index contributed by atoms with van der Waals surface area (Å²) in [5.41, 5.74) is 3.64. The van der Waals surface area contributed by atoms with Gasteiger partial charge in [0.2, 0.25) is 0 Å². The van der Waals surface area contributed by atoms with Crippen LogP contribution in [0.1, 0.15) is 25.3 Å². The van der Waals surface area contributed by atoms with Crippen LogP contribution in [0.3, 0.4) is 0 Å². The Morgan fingerprint density at radius 1 is 1.50 bits per heavy atom. The number of benzene rings is 1. The van der Waals surface area contributed by atoms with E-state index in [1.807, 2.05) is 13.0 Å². The van der Waals surface area contributed by atoms with E-state index in [0.717, 1.165) is 31.6 Å². The number of hydrazine groups is 1. The standard InChI is InChI=1S/C13H20ClFN2O/c1-2-18-7-3-4-11(17-16)8-10-5-6-12(14)13(15)9-10/h5-6,9,11,17H,2-4,7-8,16H2,1H3. The quantitative estimate of drug-likeness (QED) is 0.435. The average molecular weight is 275 g/mol. The fourth-order valence-electron chi connectivity index (χ4n) is 1.77. The van der Waals surface area contributed by atoms with Crippen LogP contribution in [0.2, 0.25) is 5.02 Å². The Labute approximate surface area is 112 Å². The summed E-state index contributed by atoms with van der Waals surface area (Å²) in [5, 5.41) is 0.146. The summed E-state index contributed by atoms with van der Waals surface area (Å²) in [4.78, 5) is 0. The fourth-order valence-corrected chi connectivity index (χ4v) is 1.89. The average Bonchev–Trinajstić information content (AvgIpc) is 2.37. The highest BCUT2D eigenvalue weighted by Crippen LogP contribution is 2.17. The molecule has 0 aliphatic heterocycles. The van der Waals surface area contributed by atoms with E-state index in [-0.39, 0.29) is 16.9 Å². The molecule has 0 aromatic heterocycles. The van der Waals surface area contributed by atoms with E-state index >= 15 is 0 Å². The number of halogens is 2. The second-order valence-corrected chi connectivity index (χ2v) is 4.56. The van der Waals surface area contributed by atoms with Crippen LogP contribution in [-0.2, 0) is 11.2 Å². The minimum atomic E-state index is -0.390. The van der Waals surface area contributed by atoms with Crippen LogP contribution in [-0.4, -0.2) is 19.3 Å². The summed E-state index contributed by atoms with van der Waals surface area (Å²) in [6.07, 6.45) is 2.50. The van der Waals surface area contributed by atoms with E-state index < -0.39 is 0 Å². The molecular weight excluding hydrogens is 255 g/mol. The SMILES string of the molecule is CCOCCCC(Cc1ccc(Cl)c(F)c1)NN. The summed E-state index contributed by atoms with van der Waals surface area (Å²) in [5.74, 6) is 5.10. The molecule has 0 saturated heterocycles. The largest absolute Gasteiger partial charge is 0.382 e. The van der Waals surface area contributed by atoms with Gasteiger partial charge >= 0.3 is 0 Å². The fraction of sp³-hybridized carbons (Fsp3) is 0.538. The lowest BCUT2D eigenvalue weighted by molar-refractivity contribution is 0.140. The van der Waals surface area contributed by atoms with E-state index in [1.165, 1.54) is 6.07 Å². The van der Waals surface area contributed by atoms with Gasteiger partial charge in [0, 0.05) is 19.3 Å². The molecule has 102 valence electrons. The molecule has 0 spiro atoms. The van der Waals surface area contributed by atoms with Crippen molar-refractivity contribution in [3.05, 3.63) is 34.6 Å². The lowest BCUT2D eigenvalue weighted by Gasteiger charge is -2.16. The Morgan fingerprint density at radius 3 is 2.89 bits per heavy atom. The summed E-state index contributed by atoms with van der Waals surface area (Å²) in [6, 6.07) is 4.96. The summed E-state index contributed by atoms with van der Waals surface area (Å²) < 4.78 is 18.5. The van der Waals surface area contributed by atoms with Gasteiger partial charge < -0.3 is 4.74 Å². The Morgan fingerprint density at radius 2 is 2.28 bits per heavy atom. The van der Waals surface area contributed by atoms with Gasteiger partial charge in [-0.15, -0.1) is 0 Å². The molecule has 1 aromatic carbocycles. The van der Waals surface area contributed by atoms with Crippen LogP contribution in [0, 0.1) is 5.82 Å². The molecule has 18 heavy (non-hydrogen) atoms.